The molecule has 0 atom stereocenters. The molecule has 0 spiro atoms. The molecule has 2 aromatic heterocycles. The molecule has 0 aliphatic rings. The van der Waals surface area contributed by atoms with Crippen molar-refractivity contribution in [1.82, 2.24) is 15.0 Å². The Labute approximate surface area is 141 Å². The fourth-order valence-corrected chi connectivity index (χ4v) is 3.15. The number of aromatic nitrogens is 3. The molecule has 0 aliphatic heterocycles. The highest BCUT2D eigenvalue weighted by Gasteiger charge is 2.17. The zero-order valence-corrected chi connectivity index (χ0v) is 14.2. The number of rotatable bonds is 5. The van der Waals surface area contributed by atoms with Crippen LogP contribution >= 0.6 is 23.1 Å². The largest absolute Gasteiger partial charge is 0.462 e. The molecule has 0 aliphatic carbocycles. The van der Waals surface area contributed by atoms with Crippen molar-refractivity contribution in [3.8, 4) is 0 Å². The topological polar surface area (TPSA) is 77.0 Å². The monoisotopic (exact) mass is 346 g/mol. The number of hydrogen-bond donors (Lipinski definition) is 1. The number of ether oxygens (including phenoxy) is 1. The van der Waals surface area contributed by atoms with E-state index in [-0.39, 0.29) is 0 Å². The number of carbonyl (C=O) groups is 1. The summed E-state index contributed by atoms with van der Waals surface area (Å²) in [6.45, 7) is 2.05. The number of anilines is 2. The van der Waals surface area contributed by atoms with Crippen LogP contribution in [0.4, 0.5) is 10.9 Å². The molecule has 0 saturated carbocycles. The predicted molar refractivity (Wildman–Crippen MR) is 92.7 cm³/mol. The first-order valence-corrected chi connectivity index (χ1v) is 8.96. The summed E-state index contributed by atoms with van der Waals surface area (Å²) in [5.74, 6) is -0.0504. The summed E-state index contributed by atoms with van der Waals surface area (Å²) in [6.07, 6.45) is 3.35. The molecule has 0 unspecified atom stereocenters. The first-order valence-electron chi connectivity index (χ1n) is 6.92. The lowest BCUT2D eigenvalue weighted by atomic mass is 10.3. The van der Waals surface area contributed by atoms with Crippen LogP contribution in [0.2, 0.25) is 0 Å². The highest BCUT2D eigenvalue weighted by molar-refractivity contribution is 7.98. The third-order valence-electron chi connectivity index (χ3n) is 2.96. The van der Waals surface area contributed by atoms with Crippen molar-refractivity contribution in [2.75, 3.05) is 18.2 Å². The summed E-state index contributed by atoms with van der Waals surface area (Å²) >= 11 is 2.90. The number of esters is 1. The van der Waals surface area contributed by atoms with Crippen LogP contribution in [0.5, 0.6) is 0 Å². The van der Waals surface area contributed by atoms with Gasteiger partial charge < -0.3 is 10.1 Å². The number of fused-ring (bicyclic) bond motifs is 1. The summed E-state index contributed by atoms with van der Waals surface area (Å²) in [4.78, 5) is 25.1. The second kappa shape index (κ2) is 6.93. The average molecular weight is 346 g/mol. The van der Waals surface area contributed by atoms with Gasteiger partial charge in [0.2, 0.25) is 0 Å². The third-order valence-corrected chi connectivity index (χ3v) is 4.48. The molecular weight excluding hydrogens is 332 g/mol. The lowest BCUT2D eigenvalue weighted by molar-refractivity contribution is 0.0526. The van der Waals surface area contributed by atoms with Crippen LogP contribution in [0, 0.1) is 0 Å². The lowest BCUT2D eigenvalue weighted by Gasteiger charge is -2.09. The molecule has 0 bridgehead atoms. The molecule has 1 N–H and O–H groups in total. The van der Waals surface area contributed by atoms with E-state index in [0.29, 0.717) is 28.3 Å². The van der Waals surface area contributed by atoms with Crippen molar-refractivity contribution < 1.29 is 9.53 Å². The van der Waals surface area contributed by atoms with E-state index in [2.05, 4.69) is 20.3 Å². The molecule has 2 heterocycles. The minimum Gasteiger partial charge on any atom is -0.462 e. The maximum atomic E-state index is 12.1. The second-order valence-corrected chi connectivity index (χ2v) is 6.26. The Morgan fingerprint density at radius 1 is 1.35 bits per heavy atom. The van der Waals surface area contributed by atoms with Gasteiger partial charge in [0.25, 0.3) is 0 Å². The maximum absolute atomic E-state index is 12.1. The zero-order valence-electron chi connectivity index (χ0n) is 12.6. The summed E-state index contributed by atoms with van der Waals surface area (Å²) in [7, 11) is 0. The molecule has 6 nitrogen and oxygen atoms in total. The van der Waals surface area contributed by atoms with Crippen molar-refractivity contribution >= 4 is 50.2 Å². The van der Waals surface area contributed by atoms with Crippen LogP contribution in [0.25, 0.3) is 10.2 Å². The van der Waals surface area contributed by atoms with Gasteiger partial charge in [-0.3, -0.25) is 0 Å². The molecule has 118 valence electrons. The number of para-hydroxylation sites is 1. The van der Waals surface area contributed by atoms with Crippen LogP contribution < -0.4 is 5.32 Å². The number of hydrogen-bond acceptors (Lipinski definition) is 8. The highest BCUT2D eigenvalue weighted by Crippen LogP contribution is 2.29. The molecule has 0 saturated heterocycles. The number of carbonyl (C=O) groups excluding carboxylic acids is 1. The number of benzene rings is 1. The second-order valence-electron chi connectivity index (χ2n) is 4.45. The van der Waals surface area contributed by atoms with Crippen molar-refractivity contribution in [1.29, 1.82) is 0 Å². The Bertz CT molecular complexity index is 817. The summed E-state index contributed by atoms with van der Waals surface area (Å²) in [6, 6.07) is 7.84. The Kier molecular flexibility index (Phi) is 4.73. The van der Waals surface area contributed by atoms with E-state index < -0.39 is 5.97 Å². The van der Waals surface area contributed by atoms with E-state index in [1.165, 1.54) is 29.3 Å². The van der Waals surface area contributed by atoms with Crippen molar-refractivity contribution in [3.63, 3.8) is 0 Å². The number of thioether (sulfide) groups is 1. The van der Waals surface area contributed by atoms with Gasteiger partial charge in [0.05, 0.1) is 16.8 Å². The van der Waals surface area contributed by atoms with Crippen LogP contribution in [0.1, 0.15) is 17.3 Å². The molecule has 23 heavy (non-hydrogen) atoms. The Balaban J connectivity index is 1.97. The summed E-state index contributed by atoms with van der Waals surface area (Å²) in [5.41, 5.74) is 1.20. The first kappa shape index (κ1) is 15.7. The standard InChI is InChI=1S/C15H14N4O2S2/c1-3-21-13(20)9-8-16-14(22-2)18-12(9)19-15-17-10-6-4-5-7-11(10)23-15/h4-8H,3H2,1-2H3,(H,16,17,18,19). The molecule has 0 radical (unpaired) electrons. The number of thiazole rings is 1. The van der Waals surface area contributed by atoms with Crippen LogP contribution in [0.3, 0.4) is 0 Å². The maximum Gasteiger partial charge on any atom is 0.343 e. The molecule has 0 fully saturated rings. The summed E-state index contributed by atoms with van der Waals surface area (Å²) in [5, 5.41) is 4.36. The van der Waals surface area contributed by atoms with E-state index >= 15 is 0 Å². The van der Waals surface area contributed by atoms with E-state index in [1.54, 1.807) is 6.92 Å². The van der Waals surface area contributed by atoms with E-state index in [1.807, 2.05) is 30.5 Å². The molecule has 1 aromatic carbocycles. The van der Waals surface area contributed by atoms with Gasteiger partial charge in [0.15, 0.2) is 16.1 Å². The lowest BCUT2D eigenvalue weighted by Crippen LogP contribution is -2.10. The Hall–Kier alpha value is -2.19. The van der Waals surface area contributed by atoms with Gasteiger partial charge in [-0.1, -0.05) is 35.2 Å². The SMILES string of the molecule is CCOC(=O)c1cnc(SC)nc1Nc1nc2ccccc2s1. The van der Waals surface area contributed by atoms with Gasteiger partial charge in [0.1, 0.15) is 5.56 Å². The molecule has 0 amide bonds. The van der Waals surface area contributed by atoms with Gasteiger partial charge in [-0.05, 0) is 25.3 Å². The fourth-order valence-electron chi connectivity index (χ4n) is 1.94. The molecule has 3 rings (SSSR count). The van der Waals surface area contributed by atoms with Crippen LogP contribution in [-0.2, 0) is 4.74 Å². The van der Waals surface area contributed by atoms with Gasteiger partial charge >= 0.3 is 5.97 Å². The van der Waals surface area contributed by atoms with Gasteiger partial charge in [-0.2, -0.15) is 0 Å². The molecule has 8 heteroatoms. The van der Waals surface area contributed by atoms with Crippen LogP contribution in [0.15, 0.2) is 35.6 Å². The minimum absolute atomic E-state index is 0.295. The average Bonchev–Trinajstić information content (AvgIpc) is 2.97. The number of nitrogens with zero attached hydrogens (tertiary/aromatic N) is 3. The van der Waals surface area contributed by atoms with Crippen molar-refractivity contribution in [2.24, 2.45) is 0 Å². The fraction of sp³-hybridized carbons (Fsp3) is 0.200. The van der Waals surface area contributed by atoms with E-state index in [9.17, 15) is 4.79 Å². The molecular formula is C15H14N4O2S2. The summed E-state index contributed by atoms with van der Waals surface area (Å²) < 4.78 is 6.12. The highest BCUT2D eigenvalue weighted by atomic mass is 32.2. The Morgan fingerprint density at radius 2 is 2.17 bits per heavy atom. The smallest absolute Gasteiger partial charge is 0.343 e. The normalized spacial score (nSPS) is 10.7. The van der Waals surface area contributed by atoms with Gasteiger partial charge in [-0.25, -0.2) is 19.7 Å². The van der Waals surface area contributed by atoms with E-state index in [0.717, 1.165) is 10.2 Å². The van der Waals surface area contributed by atoms with Gasteiger partial charge in [0, 0.05) is 6.20 Å². The molecule has 3 aromatic rings. The zero-order chi connectivity index (χ0) is 16.2. The van der Waals surface area contributed by atoms with Crippen LogP contribution in [-0.4, -0.2) is 33.8 Å². The van der Waals surface area contributed by atoms with Crippen molar-refractivity contribution in [2.45, 2.75) is 12.1 Å². The van der Waals surface area contributed by atoms with Gasteiger partial charge in [-0.15, -0.1) is 0 Å². The minimum atomic E-state index is -0.455. The first-order chi connectivity index (χ1) is 11.2. The van der Waals surface area contributed by atoms with Crippen molar-refractivity contribution in [3.05, 3.63) is 36.0 Å². The predicted octanol–water partition coefficient (Wildman–Crippen LogP) is 3.73. The quantitative estimate of drug-likeness (QED) is 0.428. The number of nitrogens with one attached hydrogen (secondary N) is 1. The van der Waals surface area contributed by atoms with E-state index in [4.69, 9.17) is 4.74 Å². The third kappa shape index (κ3) is 3.43. The Morgan fingerprint density at radius 3 is 2.91 bits per heavy atom.